The van der Waals surface area contributed by atoms with Gasteiger partial charge in [-0.1, -0.05) is 13.8 Å². The molecule has 1 aromatic rings. The summed E-state index contributed by atoms with van der Waals surface area (Å²) in [4.78, 5) is 5.51. The third kappa shape index (κ3) is 3.59. The van der Waals surface area contributed by atoms with E-state index in [1.54, 1.807) is 5.56 Å². The highest BCUT2D eigenvalue weighted by Crippen LogP contribution is 2.38. The summed E-state index contributed by atoms with van der Waals surface area (Å²) in [6, 6.07) is 3.60. The third-order valence-corrected chi connectivity index (χ3v) is 5.18. The van der Waals surface area contributed by atoms with Crippen LogP contribution in [0, 0.1) is 19.8 Å². The highest BCUT2D eigenvalue weighted by Gasteiger charge is 2.31. The van der Waals surface area contributed by atoms with Gasteiger partial charge < -0.3 is 5.32 Å². The molecule has 1 aromatic heterocycles. The van der Waals surface area contributed by atoms with Gasteiger partial charge in [-0.3, -0.25) is 4.90 Å². The first-order valence-corrected chi connectivity index (χ1v) is 8.31. The van der Waals surface area contributed by atoms with Crippen molar-refractivity contribution < 1.29 is 0 Å². The molecule has 2 unspecified atom stereocenters. The molecule has 0 saturated carbocycles. The minimum Gasteiger partial charge on any atom is -0.314 e. The smallest absolute Gasteiger partial charge is 0.0396 e. The number of piperidine rings is 1. The van der Waals surface area contributed by atoms with Crippen molar-refractivity contribution in [3.8, 4) is 0 Å². The highest BCUT2D eigenvalue weighted by atomic mass is 32.1. The molecular formula is C16H28N2S. The lowest BCUT2D eigenvalue weighted by atomic mass is 9.85. The van der Waals surface area contributed by atoms with E-state index in [2.05, 4.69) is 51.0 Å². The maximum atomic E-state index is 3.64. The number of hydrogen-bond donors (Lipinski definition) is 1. The van der Waals surface area contributed by atoms with E-state index in [4.69, 9.17) is 0 Å². The number of hydrogen-bond acceptors (Lipinski definition) is 3. The van der Waals surface area contributed by atoms with Crippen LogP contribution in [0.3, 0.4) is 0 Å². The van der Waals surface area contributed by atoms with Gasteiger partial charge in [0.05, 0.1) is 0 Å². The van der Waals surface area contributed by atoms with Crippen molar-refractivity contribution in [1.29, 1.82) is 0 Å². The first-order valence-electron chi connectivity index (χ1n) is 7.49. The summed E-state index contributed by atoms with van der Waals surface area (Å²) >= 11 is 1.94. The SMILES string of the molecule is Cc1cc(C2C(CNC(C)C)CCCN2C)c(C)s1. The summed E-state index contributed by atoms with van der Waals surface area (Å²) in [5.74, 6) is 0.744. The van der Waals surface area contributed by atoms with Crippen LogP contribution in [-0.2, 0) is 0 Å². The zero-order valence-corrected chi connectivity index (χ0v) is 13.8. The molecule has 2 nitrogen and oxygen atoms in total. The predicted molar refractivity (Wildman–Crippen MR) is 85.0 cm³/mol. The first kappa shape index (κ1) is 15.0. The summed E-state index contributed by atoms with van der Waals surface area (Å²) in [7, 11) is 2.29. The summed E-state index contributed by atoms with van der Waals surface area (Å²) in [5.41, 5.74) is 1.57. The molecular weight excluding hydrogens is 252 g/mol. The maximum absolute atomic E-state index is 3.64. The Hall–Kier alpha value is -0.380. The van der Waals surface area contributed by atoms with Crippen LogP contribution < -0.4 is 5.32 Å². The second kappa shape index (κ2) is 6.38. The summed E-state index contributed by atoms with van der Waals surface area (Å²) in [5, 5.41) is 3.64. The lowest BCUT2D eigenvalue weighted by Crippen LogP contribution is -2.41. The maximum Gasteiger partial charge on any atom is 0.0396 e. The van der Waals surface area contributed by atoms with Gasteiger partial charge in [-0.25, -0.2) is 0 Å². The Bertz CT molecular complexity index is 411. The van der Waals surface area contributed by atoms with E-state index in [0.717, 1.165) is 12.5 Å². The van der Waals surface area contributed by atoms with Crippen molar-refractivity contribution in [3.05, 3.63) is 21.4 Å². The van der Waals surface area contributed by atoms with Gasteiger partial charge in [0, 0.05) is 28.4 Å². The van der Waals surface area contributed by atoms with E-state index in [-0.39, 0.29) is 0 Å². The minimum atomic E-state index is 0.582. The number of likely N-dealkylation sites (tertiary alicyclic amines) is 1. The fraction of sp³-hybridized carbons (Fsp3) is 0.750. The van der Waals surface area contributed by atoms with E-state index in [9.17, 15) is 0 Å². The normalized spacial score (nSPS) is 25.2. The van der Waals surface area contributed by atoms with Gasteiger partial charge in [0.25, 0.3) is 0 Å². The van der Waals surface area contributed by atoms with E-state index in [0.29, 0.717) is 12.1 Å². The van der Waals surface area contributed by atoms with Crippen molar-refractivity contribution >= 4 is 11.3 Å². The topological polar surface area (TPSA) is 15.3 Å². The van der Waals surface area contributed by atoms with Gasteiger partial charge in [0.1, 0.15) is 0 Å². The van der Waals surface area contributed by atoms with E-state index in [1.165, 1.54) is 29.1 Å². The van der Waals surface area contributed by atoms with E-state index < -0.39 is 0 Å². The van der Waals surface area contributed by atoms with Crippen LogP contribution in [0.15, 0.2) is 6.07 Å². The van der Waals surface area contributed by atoms with Crippen LogP contribution in [0.1, 0.15) is 48.0 Å². The van der Waals surface area contributed by atoms with Crippen LogP contribution >= 0.6 is 11.3 Å². The van der Waals surface area contributed by atoms with Crippen LogP contribution in [0.25, 0.3) is 0 Å². The molecule has 0 aliphatic carbocycles. The molecule has 0 spiro atoms. The Morgan fingerprint density at radius 3 is 2.74 bits per heavy atom. The van der Waals surface area contributed by atoms with Gasteiger partial charge in [0.2, 0.25) is 0 Å². The second-order valence-corrected chi connectivity index (χ2v) is 7.72. The molecule has 2 atom stereocenters. The molecule has 1 saturated heterocycles. The van der Waals surface area contributed by atoms with Crippen molar-refractivity contribution in [1.82, 2.24) is 10.2 Å². The van der Waals surface area contributed by atoms with Crippen LogP contribution in [0.2, 0.25) is 0 Å². The molecule has 0 aromatic carbocycles. The molecule has 1 aliphatic heterocycles. The van der Waals surface area contributed by atoms with E-state index >= 15 is 0 Å². The quantitative estimate of drug-likeness (QED) is 0.903. The molecule has 108 valence electrons. The molecule has 0 amide bonds. The zero-order valence-electron chi connectivity index (χ0n) is 13.0. The summed E-state index contributed by atoms with van der Waals surface area (Å²) < 4.78 is 0. The highest BCUT2D eigenvalue weighted by molar-refractivity contribution is 7.12. The van der Waals surface area contributed by atoms with Gasteiger partial charge in [-0.15, -0.1) is 11.3 Å². The monoisotopic (exact) mass is 280 g/mol. The van der Waals surface area contributed by atoms with Gasteiger partial charge in [-0.05, 0) is 57.8 Å². The fourth-order valence-corrected chi connectivity index (χ4v) is 4.26. The first-order chi connectivity index (χ1) is 8.99. The molecule has 1 aliphatic rings. The zero-order chi connectivity index (χ0) is 14.0. The molecule has 0 radical (unpaired) electrons. The van der Waals surface area contributed by atoms with Gasteiger partial charge in [-0.2, -0.15) is 0 Å². The Balaban J connectivity index is 2.18. The second-order valence-electron chi connectivity index (χ2n) is 6.26. The fourth-order valence-electron chi connectivity index (χ4n) is 3.30. The Labute approximate surface area is 122 Å². The molecule has 1 fully saturated rings. The lowest BCUT2D eigenvalue weighted by molar-refractivity contribution is 0.118. The van der Waals surface area contributed by atoms with Crippen LogP contribution in [-0.4, -0.2) is 31.1 Å². The van der Waals surface area contributed by atoms with E-state index in [1.807, 2.05) is 11.3 Å². The average Bonchev–Trinajstić information content (AvgIpc) is 2.65. The lowest BCUT2D eigenvalue weighted by Gasteiger charge is -2.40. The predicted octanol–water partition coefficient (Wildman–Crippen LogP) is 3.75. The molecule has 19 heavy (non-hydrogen) atoms. The molecule has 2 rings (SSSR count). The number of aryl methyl sites for hydroxylation is 2. The molecule has 2 heterocycles. The average molecular weight is 280 g/mol. The van der Waals surface area contributed by atoms with Gasteiger partial charge in [0.15, 0.2) is 0 Å². The number of nitrogens with one attached hydrogen (secondary N) is 1. The number of thiophene rings is 1. The Morgan fingerprint density at radius 2 is 2.16 bits per heavy atom. The molecule has 1 N–H and O–H groups in total. The third-order valence-electron chi connectivity index (χ3n) is 4.19. The number of rotatable bonds is 4. The van der Waals surface area contributed by atoms with Crippen molar-refractivity contribution in [2.24, 2.45) is 5.92 Å². The minimum absolute atomic E-state index is 0.582. The van der Waals surface area contributed by atoms with Crippen molar-refractivity contribution in [2.75, 3.05) is 20.1 Å². The van der Waals surface area contributed by atoms with Crippen LogP contribution in [0.5, 0.6) is 0 Å². The summed E-state index contributed by atoms with van der Waals surface area (Å²) in [6.07, 6.45) is 2.68. The molecule has 3 heteroatoms. The molecule has 0 bridgehead atoms. The largest absolute Gasteiger partial charge is 0.314 e. The summed E-state index contributed by atoms with van der Waals surface area (Å²) in [6.45, 7) is 11.4. The van der Waals surface area contributed by atoms with Gasteiger partial charge >= 0.3 is 0 Å². The van der Waals surface area contributed by atoms with Crippen molar-refractivity contribution in [3.63, 3.8) is 0 Å². The van der Waals surface area contributed by atoms with Crippen molar-refractivity contribution in [2.45, 2.75) is 52.6 Å². The standard InChI is InChI=1S/C16H28N2S/c1-11(2)17-10-14-7-6-8-18(5)16(14)15-9-12(3)19-13(15)4/h9,11,14,16-17H,6-8,10H2,1-5H3. The number of nitrogens with zero attached hydrogens (tertiary/aromatic N) is 1. The Kier molecular flexibility index (Phi) is 5.04. The van der Waals surface area contributed by atoms with Crippen LogP contribution in [0.4, 0.5) is 0 Å². The Morgan fingerprint density at radius 1 is 1.42 bits per heavy atom.